The Morgan fingerprint density at radius 3 is 2.71 bits per heavy atom. The van der Waals surface area contributed by atoms with Crippen molar-refractivity contribution in [1.29, 1.82) is 0 Å². The minimum atomic E-state index is -3.53. The molecular weight excluding hydrogens is 286 g/mol. The molecule has 0 aromatic heterocycles. The lowest BCUT2D eigenvalue weighted by molar-refractivity contribution is 0.0988. The summed E-state index contributed by atoms with van der Waals surface area (Å²) in [6, 6.07) is 6.27. The quantitative estimate of drug-likeness (QED) is 0.822. The number of nitrogens with one attached hydrogen (secondary N) is 1. The summed E-state index contributed by atoms with van der Waals surface area (Å²) in [7, 11) is -3.53. The van der Waals surface area contributed by atoms with E-state index in [-0.39, 0.29) is 10.7 Å². The smallest absolute Gasteiger partial charge is 0.240 e. The fourth-order valence-electron chi connectivity index (χ4n) is 2.86. The van der Waals surface area contributed by atoms with Crippen molar-refractivity contribution in [1.82, 2.24) is 4.72 Å². The first-order valence-corrected chi connectivity index (χ1v) is 9.03. The molecule has 1 aliphatic rings. The number of carbonyl (C=O) groups is 1. The third-order valence-electron chi connectivity index (χ3n) is 4.15. The lowest BCUT2D eigenvalue weighted by atomic mass is 10.1. The summed E-state index contributed by atoms with van der Waals surface area (Å²) in [5.74, 6) is 1.07. The molecule has 2 rings (SSSR count). The van der Waals surface area contributed by atoms with Gasteiger partial charge < -0.3 is 0 Å². The molecule has 0 radical (unpaired) electrons. The van der Waals surface area contributed by atoms with Crippen LogP contribution in [0.5, 0.6) is 0 Å². The number of hydrogen-bond acceptors (Lipinski definition) is 3. The number of benzene rings is 1. The van der Waals surface area contributed by atoms with Crippen molar-refractivity contribution in [2.75, 3.05) is 6.54 Å². The molecule has 0 saturated heterocycles. The average molecular weight is 309 g/mol. The van der Waals surface area contributed by atoms with E-state index in [2.05, 4.69) is 11.6 Å². The Bertz CT molecular complexity index is 610. The number of carbonyl (C=O) groups excluding carboxylic acids is 1. The van der Waals surface area contributed by atoms with E-state index in [0.717, 1.165) is 12.8 Å². The minimum absolute atomic E-state index is 0.0448. The number of sulfonamides is 1. The first kappa shape index (κ1) is 16.2. The molecule has 116 valence electrons. The highest BCUT2D eigenvalue weighted by Gasteiger charge is 2.23. The Kier molecular flexibility index (Phi) is 5.17. The Hall–Kier alpha value is -1.20. The molecule has 21 heavy (non-hydrogen) atoms. The van der Waals surface area contributed by atoms with Crippen molar-refractivity contribution in [2.45, 2.75) is 44.4 Å². The Labute approximate surface area is 127 Å². The minimum Gasteiger partial charge on any atom is -0.294 e. The third kappa shape index (κ3) is 4.14. The van der Waals surface area contributed by atoms with Crippen molar-refractivity contribution in [3.05, 3.63) is 29.8 Å². The second kappa shape index (κ2) is 6.71. The van der Waals surface area contributed by atoms with Crippen molar-refractivity contribution in [3.63, 3.8) is 0 Å². The van der Waals surface area contributed by atoms with Crippen molar-refractivity contribution >= 4 is 15.8 Å². The molecule has 0 bridgehead atoms. The van der Waals surface area contributed by atoms with Gasteiger partial charge in [-0.1, -0.05) is 32.4 Å². The molecular formula is C16H23NO3S. The van der Waals surface area contributed by atoms with E-state index in [1.165, 1.54) is 18.6 Å². The van der Waals surface area contributed by atoms with Crippen molar-refractivity contribution in [2.24, 2.45) is 11.8 Å². The highest BCUT2D eigenvalue weighted by atomic mass is 32.2. The Morgan fingerprint density at radius 2 is 2.10 bits per heavy atom. The van der Waals surface area contributed by atoms with Crippen molar-refractivity contribution in [3.8, 4) is 0 Å². The van der Waals surface area contributed by atoms with Gasteiger partial charge in [0.05, 0.1) is 4.90 Å². The number of rotatable bonds is 6. The van der Waals surface area contributed by atoms with E-state index in [9.17, 15) is 13.2 Å². The SMILES string of the molecule is CCC(=O)c1cccc(S(=O)(=O)NCC2CCC(C)C2)c1. The van der Waals surface area contributed by atoms with Gasteiger partial charge in [-0.05, 0) is 36.8 Å². The van der Waals surface area contributed by atoms with E-state index >= 15 is 0 Å². The highest BCUT2D eigenvalue weighted by molar-refractivity contribution is 7.89. The molecule has 1 saturated carbocycles. The highest BCUT2D eigenvalue weighted by Crippen LogP contribution is 2.29. The van der Waals surface area contributed by atoms with Gasteiger partial charge in [-0.15, -0.1) is 0 Å². The maximum atomic E-state index is 12.3. The van der Waals surface area contributed by atoms with Gasteiger partial charge in [0.25, 0.3) is 0 Å². The van der Waals surface area contributed by atoms with Crippen LogP contribution >= 0.6 is 0 Å². The van der Waals surface area contributed by atoms with Gasteiger partial charge in [-0.25, -0.2) is 13.1 Å². The second-order valence-corrected chi connectivity index (χ2v) is 7.71. The molecule has 1 N–H and O–H groups in total. The molecule has 2 unspecified atom stereocenters. The van der Waals surface area contributed by atoms with E-state index in [4.69, 9.17) is 0 Å². The monoisotopic (exact) mass is 309 g/mol. The summed E-state index contributed by atoms with van der Waals surface area (Å²) in [5.41, 5.74) is 0.454. The Balaban J connectivity index is 2.07. The van der Waals surface area contributed by atoms with E-state index < -0.39 is 10.0 Å². The number of ketones is 1. The van der Waals surface area contributed by atoms with Crippen LogP contribution in [0.1, 0.15) is 49.9 Å². The van der Waals surface area contributed by atoms with Gasteiger partial charge in [0.2, 0.25) is 10.0 Å². The van der Waals surface area contributed by atoms with Crippen LogP contribution in [0.2, 0.25) is 0 Å². The zero-order valence-electron chi connectivity index (χ0n) is 12.6. The molecule has 1 aromatic carbocycles. The molecule has 0 heterocycles. The molecule has 1 fully saturated rings. The van der Waals surface area contributed by atoms with E-state index in [1.807, 2.05) is 0 Å². The molecule has 0 amide bonds. The lowest BCUT2D eigenvalue weighted by Crippen LogP contribution is -2.28. The van der Waals surface area contributed by atoms with Crippen LogP contribution < -0.4 is 4.72 Å². The topological polar surface area (TPSA) is 63.2 Å². The first-order chi connectivity index (χ1) is 9.92. The van der Waals surface area contributed by atoms with Crippen LogP contribution in [-0.2, 0) is 10.0 Å². The van der Waals surface area contributed by atoms with Crippen LogP contribution in [0.15, 0.2) is 29.2 Å². The summed E-state index contributed by atoms with van der Waals surface area (Å²) in [6.45, 7) is 4.45. The number of hydrogen-bond donors (Lipinski definition) is 1. The van der Waals surface area contributed by atoms with Crippen LogP contribution in [0.25, 0.3) is 0 Å². The molecule has 1 aromatic rings. The van der Waals surface area contributed by atoms with Crippen LogP contribution in [-0.4, -0.2) is 20.7 Å². The second-order valence-electron chi connectivity index (χ2n) is 5.94. The van der Waals surface area contributed by atoms with Crippen molar-refractivity contribution < 1.29 is 13.2 Å². The maximum absolute atomic E-state index is 12.3. The predicted octanol–water partition coefficient (Wildman–Crippen LogP) is 2.99. The summed E-state index contributed by atoms with van der Waals surface area (Å²) < 4.78 is 27.3. The Morgan fingerprint density at radius 1 is 1.33 bits per heavy atom. The van der Waals surface area contributed by atoms with Gasteiger partial charge >= 0.3 is 0 Å². The van der Waals surface area contributed by atoms with E-state index in [0.29, 0.717) is 30.4 Å². The lowest BCUT2D eigenvalue weighted by Gasteiger charge is -2.12. The molecule has 2 atom stereocenters. The molecule has 1 aliphatic carbocycles. The first-order valence-electron chi connectivity index (χ1n) is 7.55. The summed E-state index contributed by atoms with van der Waals surface area (Å²) in [4.78, 5) is 11.9. The van der Waals surface area contributed by atoms with Crippen LogP contribution in [0, 0.1) is 11.8 Å². The average Bonchev–Trinajstić information content (AvgIpc) is 2.90. The number of Topliss-reactive ketones (excluding diaryl/α,β-unsaturated/α-hetero) is 1. The zero-order valence-corrected chi connectivity index (χ0v) is 13.4. The summed E-state index contributed by atoms with van der Waals surface area (Å²) in [5, 5.41) is 0. The summed E-state index contributed by atoms with van der Waals surface area (Å²) in [6.07, 6.45) is 3.71. The summed E-state index contributed by atoms with van der Waals surface area (Å²) >= 11 is 0. The maximum Gasteiger partial charge on any atom is 0.240 e. The standard InChI is InChI=1S/C16H23NO3S/c1-3-16(18)14-5-4-6-15(10-14)21(19,20)17-11-13-8-7-12(2)9-13/h4-6,10,12-13,17H,3,7-9,11H2,1-2H3. The fraction of sp³-hybridized carbons (Fsp3) is 0.562. The van der Waals surface area contributed by atoms with Gasteiger partial charge in [0.15, 0.2) is 5.78 Å². The van der Waals surface area contributed by atoms with Gasteiger partial charge in [-0.2, -0.15) is 0 Å². The van der Waals surface area contributed by atoms with E-state index in [1.54, 1.807) is 19.1 Å². The molecule has 0 spiro atoms. The predicted molar refractivity (Wildman–Crippen MR) is 82.8 cm³/mol. The third-order valence-corrected chi connectivity index (χ3v) is 5.57. The molecule has 4 nitrogen and oxygen atoms in total. The fourth-order valence-corrected chi connectivity index (χ4v) is 4.02. The van der Waals surface area contributed by atoms with Gasteiger partial charge in [0, 0.05) is 18.5 Å². The molecule has 0 aliphatic heterocycles. The molecule has 5 heteroatoms. The normalized spacial score (nSPS) is 22.4. The zero-order chi connectivity index (χ0) is 15.5. The van der Waals surface area contributed by atoms with Crippen LogP contribution in [0.3, 0.4) is 0 Å². The van der Waals surface area contributed by atoms with Gasteiger partial charge in [0.1, 0.15) is 0 Å². The van der Waals surface area contributed by atoms with Crippen LogP contribution in [0.4, 0.5) is 0 Å². The van der Waals surface area contributed by atoms with Gasteiger partial charge in [-0.3, -0.25) is 4.79 Å². The largest absolute Gasteiger partial charge is 0.294 e.